The fourth-order valence-corrected chi connectivity index (χ4v) is 1.87. The number of nitrogens with zero attached hydrogens (tertiary/aromatic N) is 4. The highest BCUT2D eigenvalue weighted by molar-refractivity contribution is 5.76. The Labute approximate surface area is 124 Å². The van der Waals surface area contributed by atoms with Gasteiger partial charge in [0.15, 0.2) is 6.23 Å². The second-order valence-corrected chi connectivity index (χ2v) is 4.39. The topological polar surface area (TPSA) is 62.6 Å². The minimum Gasteiger partial charge on any atom is -0.357 e. The zero-order chi connectivity index (χ0) is 15.1. The Morgan fingerprint density at radius 2 is 2.05 bits per heavy atom. The van der Waals surface area contributed by atoms with E-state index in [-0.39, 0.29) is 6.23 Å². The van der Waals surface area contributed by atoms with Gasteiger partial charge in [-0.05, 0) is 6.07 Å². The number of anilines is 2. The summed E-state index contributed by atoms with van der Waals surface area (Å²) >= 11 is 0. The maximum Gasteiger partial charge on any atom is 0.226 e. The summed E-state index contributed by atoms with van der Waals surface area (Å²) in [6, 6.07) is 11.7. The second-order valence-electron chi connectivity index (χ2n) is 4.39. The molecule has 0 amide bonds. The van der Waals surface area contributed by atoms with Gasteiger partial charge in [0.2, 0.25) is 5.95 Å². The molecule has 1 atom stereocenters. The standard InChI is InChI=1S/C15H19N5O/c1-16-11-20(2)13-9-10-17-15(18-13)19-14(21-3)12-7-5-4-6-8-12/h4-11,14H,1-3H3,(H,17,18,19). The Morgan fingerprint density at radius 1 is 1.29 bits per heavy atom. The molecule has 0 spiro atoms. The van der Waals surface area contributed by atoms with Crippen molar-refractivity contribution in [3.05, 3.63) is 48.2 Å². The number of nitrogens with one attached hydrogen (secondary N) is 1. The molecule has 1 N–H and O–H groups in total. The van der Waals surface area contributed by atoms with Crippen LogP contribution >= 0.6 is 0 Å². The largest absolute Gasteiger partial charge is 0.357 e. The summed E-state index contributed by atoms with van der Waals surface area (Å²) in [6.07, 6.45) is 3.09. The molecule has 6 nitrogen and oxygen atoms in total. The number of rotatable bonds is 6. The highest BCUT2D eigenvalue weighted by Crippen LogP contribution is 2.18. The fourth-order valence-electron chi connectivity index (χ4n) is 1.87. The lowest BCUT2D eigenvalue weighted by atomic mass is 10.2. The van der Waals surface area contributed by atoms with Crippen molar-refractivity contribution >= 4 is 18.1 Å². The summed E-state index contributed by atoms with van der Waals surface area (Å²) in [6.45, 7) is 0. The van der Waals surface area contributed by atoms with Gasteiger partial charge in [0.25, 0.3) is 0 Å². The predicted molar refractivity (Wildman–Crippen MR) is 84.7 cm³/mol. The van der Waals surface area contributed by atoms with E-state index in [9.17, 15) is 0 Å². The first kappa shape index (κ1) is 14.9. The van der Waals surface area contributed by atoms with Crippen molar-refractivity contribution in [2.24, 2.45) is 4.99 Å². The molecular formula is C15H19N5O. The molecule has 0 saturated carbocycles. The molecule has 1 aromatic carbocycles. The van der Waals surface area contributed by atoms with E-state index >= 15 is 0 Å². The van der Waals surface area contributed by atoms with Crippen molar-refractivity contribution < 1.29 is 4.74 Å². The average Bonchev–Trinajstić information content (AvgIpc) is 2.54. The third-order valence-electron chi connectivity index (χ3n) is 2.89. The number of hydrogen-bond donors (Lipinski definition) is 1. The summed E-state index contributed by atoms with van der Waals surface area (Å²) in [4.78, 5) is 14.4. The van der Waals surface area contributed by atoms with Crippen molar-refractivity contribution in [2.75, 3.05) is 31.4 Å². The summed E-state index contributed by atoms with van der Waals surface area (Å²) in [7, 11) is 5.24. The molecule has 21 heavy (non-hydrogen) atoms. The first-order valence-electron chi connectivity index (χ1n) is 6.57. The summed E-state index contributed by atoms with van der Waals surface area (Å²) in [5.74, 6) is 1.25. The van der Waals surface area contributed by atoms with Crippen LogP contribution < -0.4 is 10.2 Å². The van der Waals surface area contributed by atoms with Gasteiger partial charge in [-0.1, -0.05) is 30.3 Å². The van der Waals surface area contributed by atoms with Crippen LogP contribution in [0.5, 0.6) is 0 Å². The van der Waals surface area contributed by atoms with Crippen LogP contribution in [0.1, 0.15) is 11.8 Å². The third kappa shape index (κ3) is 4.00. The first-order valence-corrected chi connectivity index (χ1v) is 6.57. The third-order valence-corrected chi connectivity index (χ3v) is 2.89. The van der Waals surface area contributed by atoms with Gasteiger partial charge in [0.05, 0.1) is 6.34 Å². The van der Waals surface area contributed by atoms with E-state index in [0.717, 1.165) is 11.4 Å². The summed E-state index contributed by atoms with van der Waals surface area (Å²) in [5, 5.41) is 3.17. The van der Waals surface area contributed by atoms with Gasteiger partial charge in [-0.15, -0.1) is 0 Å². The van der Waals surface area contributed by atoms with Crippen molar-refractivity contribution in [3.8, 4) is 0 Å². The van der Waals surface area contributed by atoms with Gasteiger partial charge in [0.1, 0.15) is 5.82 Å². The minimum absolute atomic E-state index is 0.299. The van der Waals surface area contributed by atoms with Gasteiger partial charge in [0, 0.05) is 33.0 Å². The number of aliphatic imine (C=N–C) groups is 1. The molecule has 2 rings (SSSR count). The van der Waals surface area contributed by atoms with Crippen LogP contribution in [0.25, 0.3) is 0 Å². The Morgan fingerprint density at radius 3 is 2.71 bits per heavy atom. The van der Waals surface area contributed by atoms with Gasteiger partial charge < -0.3 is 15.0 Å². The lowest BCUT2D eigenvalue weighted by molar-refractivity contribution is 0.126. The predicted octanol–water partition coefficient (Wildman–Crippen LogP) is 2.33. The van der Waals surface area contributed by atoms with E-state index in [1.165, 1.54) is 0 Å². The van der Waals surface area contributed by atoms with E-state index < -0.39 is 0 Å². The van der Waals surface area contributed by atoms with Crippen molar-refractivity contribution in [1.29, 1.82) is 0 Å². The highest BCUT2D eigenvalue weighted by atomic mass is 16.5. The fraction of sp³-hybridized carbons (Fsp3) is 0.267. The Hall–Kier alpha value is -2.47. The molecular weight excluding hydrogens is 266 g/mol. The molecule has 0 aliphatic heterocycles. The van der Waals surface area contributed by atoms with Crippen LogP contribution in [0.3, 0.4) is 0 Å². The van der Waals surface area contributed by atoms with Crippen LogP contribution in [0.4, 0.5) is 11.8 Å². The quantitative estimate of drug-likeness (QED) is 0.501. The first-order chi connectivity index (χ1) is 10.2. The lowest BCUT2D eigenvalue weighted by Gasteiger charge is -2.18. The SMILES string of the molecule is CN=CN(C)c1ccnc(NC(OC)c2ccccc2)n1. The maximum absolute atomic E-state index is 5.46. The molecule has 0 saturated heterocycles. The van der Waals surface area contributed by atoms with Crippen LogP contribution in [0, 0.1) is 0 Å². The molecule has 0 radical (unpaired) electrons. The number of aromatic nitrogens is 2. The molecule has 0 fully saturated rings. The van der Waals surface area contributed by atoms with Crippen LogP contribution in [-0.4, -0.2) is 37.5 Å². The lowest BCUT2D eigenvalue weighted by Crippen LogP contribution is -2.18. The van der Waals surface area contributed by atoms with Gasteiger partial charge in [-0.2, -0.15) is 4.98 Å². The van der Waals surface area contributed by atoms with Crippen molar-refractivity contribution in [2.45, 2.75) is 6.23 Å². The molecule has 0 aliphatic carbocycles. The smallest absolute Gasteiger partial charge is 0.226 e. The molecule has 1 heterocycles. The Balaban J connectivity index is 2.17. The van der Waals surface area contributed by atoms with Crippen LogP contribution in [0.15, 0.2) is 47.6 Å². The van der Waals surface area contributed by atoms with E-state index in [0.29, 0.717) is 5.95 Å². The summed E-state index contributed by atoms with van der Waals surface area (Å²) < 4.78 is 5.46. The van der Waals surface area contributed by atoms with Crippen molar-refractivity contribution in [1.82, 2.24) is 9.97 Å². The Bertz CT molecular complexity index is 588. The van der Waals surface area contributed by atoms with E-state index in [1.807, 2.05) is 48.3 Å². The molecule has 1 unspecified atom stereocenters. The van der Waals surface area contributed by atoms with Crippen LogP contribution in [0.2, 0.25) is 0 Å². The van der Waals surface area contributed by atoms with Gasteiger partial charge in [-0.25, -0.2) is 4.98 Å². The minimum atomic E-state index is -0.299. The van der Waals surface area contributed by atoms with Gasteiger partial charge in [-0.3, -0.25) is 4.99 Å². The number of ether oxygens (including phenoxy) is 1. The second kappa shape index (κ2) is 7.35. The highest BCUT2D eigenvalue weighted by Gasteiger charge is 2.11. The molecule has 0 bridgehead atoms. The van der Waals surface area contributed by atoms with E-state index in [1.54, 1.807) is 26.7 Å². The summed E-state index contributed by atoms with van der Waals surface area (Å²) in [5.41, 5.74) is 1.01. The molecule has 0 aliphatic rings. The normalized spacial score (nSPS) is 12.3. The maximum atomic E-state index is 5.46. The van der Waals surface area contributed by atoms with Crippen LogP contribution in [-0.2, 0) is 4.74 Å². The number of hydrogen-bond acceptors (Lipinski definition) is 5. The molecule has 2 aromatic rings. The number of methoxy groups -OCH3 is 1. The number of benzene rings is 1. The molecule has 1 aromatic heterocycles. The van der Waals surface area contributed by atoms with E-state index in [4.69, 9.17) is 4.74 Å². The zero-order valence-corrected chi connectivity index (χ0v) is 12.4. The van der Waals surface area contributed by atoms with Gasteiger partial charge >= 0.3 is 0 Å². The monoisotopic (exact) mass is 285 g/mol. The Kier molecular flexibility index (Phi) is 5.22. The average molecular weight is 285 g/mol. The van der Waals surface area contributed by atoms with E-state index in [2.05, 4.69) is 20.3 Å². The zero-order valence-electron chi connectivity index (χ0n) is 12.4. The molecule has 6 heteroatoms. The van der Waals surface area contributed by atoms with Crippen molar-refractivity contribution in [3.63, 3.8) is 0 Å². The molecule has 110 valence electrons.